The monoisotopic (exact) mass is 800 g/mol. The Morgan fingerprint density at radius 1 is 0.607 bits per heavy atom. The van der Waals surface area contributed by atoms with Crippen LogP contribution in [0.4, 0.5) is 0 Å². The van der Waals surface area contributed by atoms with Gasteiger partial charge in [-0.25, -0.2) is 0 Å². The molecule has 332 valence electrons. The summed E-state index contributed by atoms with van der Waals surface area (Å²) in [6, 6.07) is -0.973. The highest BCUT2D eigenvalue weighted by Crippen LogP contribution is 2.23. The second kappa shape index (κ2) is 36.9. The molecule has 0 aromatic rings. The van der Waals surface area contributed by atoms with Gasteiger partial charge in [0.15, 0.2) is 6.29 Å². The first-order valence-corrected chi connectivity index (χ1v) is 23.5. The lowest BCUT2D eigenvalue weighted by molar-refractivity contribution is -0.302. The van der Waals surface area contributed by atoms with Crippen LogP contribution in [0.25, 0.3) is 0 Å². The third-order valence-electron chi connectivity index (χ3n) is 11.5. The summed E-state index contributed by atoms with van der Waals surface area (Å²) in [6.07, 6.45) is 31.6. The van der Waals surface area contributed by atoms with E-state index in [-0.39, 0.29) is 6.61 Å². The van der Waals surface area contributed by atoms with E-state index < -0.39 is 61.5 Å². The van der Waals surface area contributed by atoms with Crippen LogP contribution in [0.5, 0.6) is 0 Å². The van der Waals surface area contributed by atoms with Gasteiger partial charge in [-0.3, -0.25) is 4.79 Å². The molecule has 1 heterocycles. The van der Waals surface area contributed by atoms with Crippen LogP contribution in [0.15, 0.2) is 12.2 Å². The predicted molar refractivity (Wildman–Crippen MR) is 227 cm³/mol. The average Bonchev–Trinajstić information content (AvgIpc) is 3.20. The number of carbonyl (C=O) groups excluding carboxylic acids is 1. The molecule has 1 fully saturated rings. The summed E-state index contributed by atoms with van der Waals surface area (Å²) in [5.41, 5.74) is 0. The van der Waals surface area contributed by atoms with Gasteiger partial charge in [-0.15, -0.1) is 0 Å². The number of hydrogen-bond acceptors (Lipinski definition) is 9. The summed E-state index contributed by atoms with van der Waals surface area (Å²) >= 11 is 0. The van der Waals surface area contributed by atoms with Crippen molar-refractivity contribution in [1.29, 1.82) is 0 Å². The highest BCUT2D eigenvalue weighted by atomic mass is 16.7. The van der Waals surface area contributed by atoms with E-state index in [1.807, 2.05) is 6.08 Å². The number of ether oxygens (including phenoxy) is 2. The van der Waals surface area contributed by atoms with Crippen molar-refractivity contribution in [1.82, 2.24) is 5.32 Å². The average molecular weight is 800 g/mol. The van der Waals surface area contributed by atoms with Crippen LogP contribution in [0.3, 0.4) is 0 Å². The maximum atomic E-state index is 13.0. The quantitative estimate of drug-likeness (QED) is 0.0238. The van der Waals surface area contributed by atoms with E-state index in [4.69, 9.17) is 9.47 Å². The van der Waals surface area contributed by atoms with Crippen molar-refractivity contribution in [2.45, 2.75) is 262 Å². The van der Waals surface area contributed by atoms with Gasteiger partial charge >= 0.3 is 0 Å². The summed E-state index contributed by atoms with van der Waals surface area (Å²) in [4.78, 5) is 13.0. The molecule has 1 aliphatic rings. The largest absolute Gasteiger partial charge is 0.394 e. The van der Waals surface area contributed by atoms with E-state index in [9.17, 15) is 35.4 Å². The first kappa shape index (κ1) is 52.9. The number of hydrogen-bond donors (Lipinski definition) is 7. The zero-order valence-corrected chi connectivity index (χ0v) is 36.0. The lowest BCUT2D eigenvalue weighted by atomic mass is 9.99. The molecular formula is C46H89NO9. The first-order valence-electron chi connectivity index (χ1n) is 23.5. The number of aliphatic hydroxyl groups excluding tert-OH is 6. The van der Waals surface area contributed by atoms with Crippen molar-refractivity contribution in [3.63, 3.8) is 0 Å². The molecule has 1 aliphatic heterocycles. The smallest absolute Gasteiger partial charge is 0.249 e. The Kier molecular flexibility index (Phi) is 34.9. The molecule has 0 radical (unpaired) electrons. The summed E-state index contributed by atoms with van der Waals surface area (Å²) in [5, 5.41) is 64.6. The molecule has 0 aromatic heterocycles. The molecule has 8 atom stereocenters. The Morgan fingerprint density at radius 3 is 1.45 bits per heavy atom. The standard InChI is InChI=1S/C46H89NO9/c1-3-5-7-9-11-13-15-16-17-18-19-20-21-22-23-25-27-29-31-33-35-40(50)45(54)47-38(37-55-46-44(53)43(52)42(51)41(36-48)56-46)39(49)34-32-30-28-26-24-14-12-10-8-6-4-2/h32,34,38-44,46,48-53H,3-31,33,35-37H2,1-2H3,(H,47,54)/b34-32+/t38-,39+,40+,41+,42+,43-,44+,46+/m0/s1. The predicted octanol–water partition coefficient (Wildman–Crippen LogP) is 8.70. The normalized spacial score (nSPS) is 21.8. The van der Waals surface area contributed by atoms with Gasteiger partial charge in [0.05, 0.1) is 25.4 Å². The van der Waals surface area contributed by atoms with E-state index in [1.54, 1.807) is 6.08 Å². The van der Waals surface area contributed by atoms with Crippen LogP contribution in [0, 0.1) is 0 Å². The molecule has 0 bridgehead atoms. The van der Waals surface area contributed by atoms with Gasteiger partial charge < -0.3 is 45.4 Å². The lowest BCUT2D eigenvalue weighted by Crippen LogP contribution is -2.60. The third-order valence-corrected chi connectivity index (χ3v) is 11.5. The molecule has 7 N–H and O–H groups in total. The Bertz CT molecular complexity index is 906. The van der Waals surface area contributed by atoms with Crippen molar-refractivity contribution in [3.05, 3.63) is 12.2 Å². The molecule has 0 unspecified atom stereocenters. The molecule has 1 saturated heterocycles. The van der Waals surface area contributed by atoms with E-state index >= 15 is 0 Å². The van der Waals surface area contributed by atoms with Gasteiger partial charge in [0.25, 0.3) is 0 Å². The number of nitrogens with one attached hydrogen (secondary N) is 1. The molecule has 1 rings (SSSR count). The van der Waals surface area contributed by atoms with Gasteiger partial charge in [-0.05, 0) is 19.3 Å². The number of amides is 1. The Morgan fingerprint density at radius 2 is 1.02 bits per heavy atom. The number of unbranched alkanes of at least 4 members (excludes halogenated alkanes) is 28. The number of rotatable bonds is 39. The third kappa shape index (κ3) is 26.8. The summed E-state index contributed by atoms with van der Waals surface area (Å²) < 4.78 is 11.1. The van der Waals surface area contributed by atoms with Crippen LogP contribution in [-0.2, 0) is 14.3 Å². The van der Waals surface area contributed by atoms with Gasteiger partial charge in [0, 0.05) is 0 Å². The maximum Gasteiger partial charge on any atom is 0.249 e. The molecule has 0 aliphatic carbocycles. The van der Waals surface area contributed by atoms with Crippen LogP contribution in [0.2, 0.25) is 0 Å². The summed E-state index contributed by atoms with van der Waals surface area (Å²) in [6.45, 7) is 3.60. The molecule has 0 spiro atoms. The Hall–Kier alpha value is -1.11. The highest BCUT2D eigenvalue weighted by molar-refractivity contribution is 5.80. The van der Waals surface area contributed by atoms with Crippen molar-refractivity contribution >= 4 is 5.91 Å². The molecule has 10 heteroatoms. The first-order chi connectivity index (χ1) is 27.3. The molecule has 10 nitrogen and oxygen atoms in total. The second-order valence-corrected chi connectivity index (χ2v) is 16.7. The number of carbonyl (C=O) groups is 1. The molecular weight excluding hydrogens is 711 g/mol. The SMILES string of the molecule is CCCCCCCCCCC/C=C/[C@@H](O)[C@H](CO[C@@H]1O[C@H](CO)[C@@H](O)[C@H](O)[C@H]1O)NC(=O)[C@H](O)CCCCCCCCCCCCCCCCCCCCCC. The zero-order chi connectivity index (χ0) is 41.1. The fourth-order valence-electron chi connectivity index (χ4n) is 7.57. The summed E-state index contributed by atoms with van der Waals surface area (Å²) in [5.74, 6) is -0.614. The molecule has 0 aromatic carbocycles. The lowest BCUT2D eigenvalue weighted by Gasteiger charge is -2.40. The second-order valence-electron chi connectivity index (χ2n) is 16.7. The maximum absolute atomic E-state index is 13.0. The fourth-order valence-corrected chi connectivity index (χ4v) is 7.57. The van der Waals surface area contributed by atoms with Gasteiger partial charge in [0.2, 0.25) is 5.91 Å². The fraction of sp³-hybridized carbons (Fsp3) is 0.935. The minimum absolute atomic E-state index is 0.302. The van der Waals surface area contributed by atoms with E-state index in [0.29, 0.717) is 6.42 Å². The van der Waals surface area contributed by atoms with Crippen molar-refractivity contribution < 1.29 is 44.9 Å². The number of allylic oxidation sites excluding steroid dienone is 1. The van der Waals surface area contributed by atoms with Crippen molar-refractivity contribution in [2.75, 3.05) is 13.2 Å². The number of aliphatic hydroxyl groups is 6. The van der Waals surface area contributed by atoms with E-state index in [1.165, 1.54) is 148 Å². The van der Waals surface area contributed by atoms with Crippen molar-refractivity contribution in [2.24, 2.45) is 0 Å². The van der Waals surface area contributed by atoms with E-state index in [0.717, 1.165) is 44.9 Å². The molecule has 56 heavy (non-hydrogen) atoms. The van der Waals surface area contributed by atoms with E-state index in [2.05, 4.69) is 19.2 Å². The Balaban J connectivity index is 2.34. The Labute approximate surface area is 342 Å². The zero-order valence-electron chi connectivity index (χ0n) is 36.0. The van der Waals surface area contributed by atoms with Crippen LogP contribution in [0.1, 0.15) is 213 Å². The van der Waals surface area contributed by atoms with Gasteiger partial charge in [0.1, 0.15) is 30.5 Å². The minimum atomic E-state index is -1.61. The topological polar surface area (TPSA) is 169 Å². The minimum Gasteiger partial charge on any atom is -0.394 e. The van der Waals surface area contributed by atoms with Gasteiger partial charge in [-0.2, -0.15) is 0 Å². The van der Waals surface area contributed by atoms with Crippen LogP contribution in [-0.4, -0.2) is 98.7 Å². The van der Waals surface area contributed by atoms with Crippen LogP contribution < -0.4 is 5.32 Å². The molecule has 0 saturated carbocycles. The van der Waals surface area contributed by atoms with Gasteiger partial charge in [-0.1, -0.05) is 206 Å². The molecule has 1 amide bonds. The summed E-state index contributed by atoms with van der Waals surface area (Å²) in [7, 11) is 0. The van der Waals surface area contributed by atoms with Crippen LogP contribution >= 0.6 is 0 Å². The van der Waals surface area contributed by atoms with Crippen molar-refractivity contribution in [3.8, 4) is 0 Å². The highest BCUT2D eigenvalue weighted by Gasteiger charge is 2.44.